The molecule has 262 valence electrons. The zero-order valence-electron chi connectivity index (χ0n) is 28.3. The van der Waals surface area contributed by atoms with Crippen LogP contribution in [0.15, 0.2) is 11.6 Å². The lowest BCUT2D eigenvalue weighted by Crippen LogP contribution is -2.76. The smallest absolute Gasteiger partial charge is 0.333 e. The molecule has 0 unspecified atom stereocenters. The first-order valence-corrected chi connectivity index (χ1v) is 16.7. The molecule has 4 saturated heterocycles. The first kappa shape index (κ1) is 33.5. The summed E-state index contributed by atoms with van der Waals surface area (Å²) in [5, 5.41) is 36.1. The number of hydrogen-bond acceptors (Lipinski definition) is 13. The van der Waals surface area contributed by atoms with Crippen LogP contribution < -0.4 is 0 Å². The van der Waals surface area contributed by atoms with Crippen molar-refractivity contribution in [3.63, 3.8) is 0 Å². The van der Waals surface area contributed by atoms with Gasteiger partial charge in [0, 0.05) is 66.4 Å². The van der Waals surface area contributed by atoms with E-state index in [9.17, 15) is 29.7 Å². The van der Waals surface area contributed by atoms with Crippen molar-refractivity contribution in [2.75, 3.05) is 20.3 Å². The fourth-order valence-electron chi connectivity index (χ4n) is 11.9. The van der Waals surface area contributed by atoms with Gasteiger partial charge in [0.15, 0.2) is 18.4 Å². The Kier molecular flexibility index (Phi) is 7.34. The van der Waals surface area contributed by atoms with E-state index in [2.05, 4.69) is 0 Å². The van der Waals surface area contributed by atoms with Crippen molar-refractivity contribution in [1.82, 2.24) is 0 Å². The van der Waals surface area contributed by atoms with E-state index in [0.717, 1.165) is 0 Å². The number of esters is 2. The predicted octanol–water partition coefficient (Wildman–Crippen LogP) is 1.18. The first-order valence-electron chi connectivity index (χ1n) is 16.7. The zero-order chi connectivity index (χ0) is 34.3. The molecule has 16 atom stereocenters. The highest BCUT2D eigenvalue weighted by Crippen LogP contribution is 2.78. The van der Waals surface area contributed by atoms with Crippen LogP contribution in [0.3, 0.4) is 0 Å². The molecule has 7 fully saturated rings. The van der Waals surface area contributed by atoms with Crippen molar-refractivity contribution in [3.8, 4) is 0 Å². The molecule has 0 aromatic heterocycles. The maximum absolute atomic E-state index is 14.4. The zero-order valence-corrected chi connectivity index (χ0v) is 28.3. The van der Waals surface area contributed by atoms with Crippen LogP contribution >= 0.6 is 0 Å². The lowest BCUT2D eigenvalue weighted by molar-refractivity contribution is -0.307. The largest absolute Gasteiger partial charge is 0.462 e. The summed E-state index contributed by atoms with van der Waals surface area (Å²) in [4.78, 5) is 40.3. The average molecular weight is 665 g/mol. The number of carbonyl (C=O) groups excluding carboxylic acids is 3. The summed E-state index contributed by atoms with van der Waals surface area (Å²) in [6.45, 7) is 11.3. The van der Waals surface area contributed by atoms with Crippen molar-refractivity contribution in [2.24, 2.45) is 34.0 Å². The van der Waals surface area contributed by atoms with Crippen molar-refractivity contribution in [1.29, 1.82) is 0 Å². The van der Waals surface area contributed by atoms with Crippen LogP contribution in [0, 0.1) is 34.0 Å². The monoisotopic (exact) mass is 664 g/mol. The summed E-state index contributed by atoms with van der Waals surface area (Å²) in [5.41, 5.74) is -8.13. The van der Waals surface area contributed by atoms with Crippen molar-refractivity contribution in [3.05, 3.63) is 11.6 Å². The Balaban J connectivity index is 1.43. The molecule has 0 aromatic rings. The molecule has 4 heterocycles. The maximum Gasteiger partial charge on any atom is 0.333 e. The summed E-state index contributed by atoms with van der Waals surface area (Å²) < 4.78 is 43.6. The highest BCUT2D eigenvalue weighted by atomic mass is 16.8. The molecule has 7 rings (SSSR count). The van der Waals surface area contributed by atoms with Crippen molar-refractivity contribution >= 4 is 17.7 Å². The first-order chi connectivity index (χ1) is 21.9. The second-order valence-electron chi connectivity index (χ2n) is 15.8. The van der Waals surface area contributed by atoms with Crippen LogP contribution in [-0.2, 0) is 47.5 Å². The Bertz CT molecular complexity index is 1420. The molecule has 2 bridgehead atoms. The third-order valence-corrected chi connectivity index (χ3v) is 13.9. The van der Waals surface area contributed by atoms with Crippen LogP contribution in [-0.4, -0.2) is 113 Å². The minimum Gasteiger partial charge on any atom is -0.462 e. The molecule has 3 N–H and O–H groups in total. The van der Waals surface area contributed by atoms with E-state index in [1.807, 2.05) is 13.8 Å². The number of Topliss-reactive ketones (excluding diaryl/α,β-unsaturated/α-hetero) is 1. The van der Waals surface area contributed by atoms with Gasteiger partial charge in [-0.1, -0.05) is 26.8 Å². The van der Waals surface area contributed by atoms with Crippen LogP contribution in [0.4, 0.5) is 0 Å². The second-order valence-corrected chi connectivity index (χ2v) is 15.8. The summed E-state index contributed by atoms with van der Waals surface area (Å²) in [6.07, 6.45) is -4.12. The van der Waals surface area contributed by atoms with Gasteiger partial charge in [0.1, 0.15) is 35.6 Å². The molecule has 3 saturated carbocycles. The van der Waals surface area contributed by atoms with Crippen molar-refractivity contribution in [2.45, 2.75) is 128 Å². The van der Waals surface area contributed by atoms with E-state index in [1.54, 1.807) is 33.8 Å². The molecule has 47 heavy (non-hydrogen) atoms. The number of methoxy groups -OCH3 is 1. The number of rotatable bonds is 6. The molecule has 7 aliphatic rings. The third kappa shape index (κ3) is 3.75. The van der Waals surface area contributed by atoms with Crippen molar-refractivity contribution < 1.29 is 62.9 Å². The van der Waals surface area contributed by atoms with Crippen LogP contribution in [0.5, 0.6) is 0 Å². The quantitative estimate of drug-likeness (QED) is 0.273. The molecule has 13 heteroatoms. The van der Waals surface area contributed by atoms with Gasteiger partial charge in [0.05, 0.1) is 24.9 Å². The Morgan fingerprint density at radius 3 is 2.32 bits per heavy atom. The summed E-state index contributed by atoms with van der Waals surface area (Å²) >= 11 is 0. The average Bonchev–Trinajstić information content (AvgIpc) is 3.67. The van der Waals surface area contributed by atoms with Gasteiger partial charge >= 0.3 is 11.9 Å². The number of aliphatic hydroxyl groups is 3. The van der Waals surface area contributed by atoms with E-state index < -0.39 is 118 Å². The summed E-state index contributed by atoms with van der Waals surface area (Å²) in [5.74, 6) is -4.06. The lowest BCUT2D eigenvalue weighted by Gasteiger charge is -2.66. The number of ketones is 1. The number of hydrogen-bond donors (Lipinski definition) is 3. The molecule has 0 amide bonds. The Hall–Kier alpha value is -1.97. The highest BCUT2D eigenvalue weighted by Gasteiger charge is 2.90. The number of fused-ring (bicyclic) bond motifs is 10. The summed E-state index contributed by atoms with van der Waals surface area (Å²) in [7, 11) is 1.48. The van der Waals surface area contributed by atoms with E-state index >= 15 is 0 Å². The number of carbonyl (C=O) groups is 3. The maximum atomic E-state index is 14.4. The molecule has 0 aromatic carbocycles. The van der Waals surface area contributed by atoms with Crippen LogP contribution in [0.1, 0.15) is 67.7 Å². The van der Waals surface area contributed by atoms with Gasteiger partial charge in [-0.25, -0.2) is 4.79 Å². The SMILES string of the molecule is C/C=C(\C)C(=O)O[C@H]1C[C@@H](OC(C)=O)[C@@]2(C)CO[C@H]3[C@H]4O[C@]5(C)[C@H]6C[C@H](O[C@@H]7O[C@@H](OC)C[C@@]76O)[C@]5(O)[C@@]4(C)[C@H](C(=O)CO)[C@]1(C)[C@@H]32. The van der Waals surface area contributed by atoms with E-state index in [1.165, 1.54) is 14.0 Å². The van der Waals surface area contributed by atoms with Gasteiger partial charge in [0.2, 0.25) is 0 Å². The van der Waals surface area contributed by atoms with E-state index in [-0.39, 0.29) is 25.9 Å². The minimum atomic E-state index is -1.90. The number of aliphatic hydroxyl groups excluding tert-OH is 1. The molecular formula is C34H48O13. The normalized spacial score (nSPS) is 55.5. The number of allylic oxidation sites excluding steroid dienone is 1. The molecular weight excluding hydrogens is 616 g/mol. The van der Waals surface area contributed by atoms with Gasteiger partial charge < -0.3 is 48.5 Å². The Morgan fingerprint density at radius 2 is 1.70 bits per heavy atom. The second kappa shape index (κ2) is 10.3. The van der Waals surface area contributed by atoms with Gasteiger partial charge in [0.25, 0.3) is 0 Å². The lowest BCUT2D eigenvalue weighted by atomic mass is 9.38. The summed E-state index contributed by atoms with van der Waals surface area (Å²) in [6, 6.07) is 0. The highest BCUT2D eigenvalue weighted by molar-refractivity contribution is 5.88. The Morgan fingerprint density at radius 1 is 1.00 bits per heavy atom. The third-order valence-electron chi connectivity index (χ3n) is 13.9. The topological polar surface area (TPSA) is 177 Å². The number of ether oxygens (including phenoxy) is 7. The predicted molar refractivity (Wildman–Crippen MR) is 159 cm³/mol. The molecule has 13 nitrogen and oxygen atoms in total. The van der Waals surface area contributed by atoms with Crippen LogP contribution in [0.25, 0.3) is 0 Å². The van der Waals surface area contributed by atoms with Gasteiger partial charge in [-0.15, -0.1) is 0 Å². The fourth-order valence-corrected chi connectivity index (χ4v) is 11.9. The van der Waals surface area contributed by atoms with Crippen LogP contribution in [0.2, 0.25) is 0 Å². The minimum absolute atomic E-state index is 0.0744. The molecule has 4 aliphatic heterocycles. The Labute approximate surface area is 274 Å². The molecule has 0 radical (unpaired) electrons. The van der Waals surface area contributed by atoms with Gasteiger partial charge in [-0.05, 0) is 27.2 Å². The standard InChI is InChI=1S/C34H48O13/c1-9-15(2)27(38)44-20-11-19(43-16(3)36)29(4)14-42-23-25(29)30(20,5)24(17(37)13-35)31(6)26(23)47-32(7)18-10-21(34(31,32)40)45-28-33(18,39)12-22(41-8)46-28/h9,18-26,28,35,39-40H,10-14H2,1-8H3/b15-9+/t18-,19-,20+,21+,22-,23-,24-,25+,26-,28-,29-,30-,31+,32-,33+,34+/m1/s1. The van der Waals surface area contributed by atoms with Gasteiger partial charge in [-0.3, -0.25) is 9.59 Å². The van der Waals surface area contributed by atoms with Gasteiger partial charge in [-0.2, -0.15) is 0 Å². The van der Waals surface area contributed by atoms with E-state index in [4.69, 9.17) is 33.2 Å². The molecule has 3 aliphatic carbocycles. The van der Waals surface area contributed by atoms with E-state index in [0.29, 0.717) is 5.57 Å². The fraction of sp³-hybridized carbons (Fsp3) is 0.853. The molecule has 0 spiro atoms.